The molecule has 1 N–H and O–H groups in total. The van der Waals surface area contributed by atoms with Crippen LogP contribution in [-0.4, -0.2) is 41.1 Å². The first kappa shape index (κ1) is 14.3. The molecule has 0 amide bonds. The Morgan fingerprint density at radius 2 is 1.50 bits per heavy atom. The Labute approximate surface area is 89.7 Å². The van der Waals surface area contributed by atoms with Crippen LogP contribution >= 0.6 is 0 Å². The molecule has 0 radical (unpaired) electrons. The summed E-state index contributed by atoms with van der Waals surface area (Å²) < 4.78 is 11.5. The molecule has 0 aliphatic carbocycles. The molecule has 3 nitrogen and oxygen atoms in total. The molecule has 0 aromatic rings. The average Bonchev–Trinajstić information content (AvgIpc) is 1.94. The summed E-state index contributed by atoms with van der Waals surface area (Å²) in [6.07, 6.45) is -0.145. The van der Waals surface area contributed by atoms with Crippen molar-refractivity contribution in [1.82, 2.24) is 0 Å². The highest BCUT2D eigenvalue weighted by atomic mass is 28.4. The van der Waals surface area contributed by atoms with E-state index in [1.807, 2.05) is 0 Å². The molecule has 0 fully saturated rings. The Bertz CT molecular complexity index is 160. The summed E-state index contributed by atoms with van der Waals surface area (Å²) in [6, 6.07) is 0. The van der Waals surface area contributed by atoms with Crippen LogP contribution < -0.4 is 0 Å². The van der Waals surface area contributed by atoms with Gasteiger partial charge in [0.15, 0.2) is 16.6 Å². The maximum atomic E-state index is 9.12. The van der Waals surface area contributed by atoms with Crippen LogP contribution in [-0.2, 0) is 8.85 Å². The first-order chi connectivity index (χ1) is 6.14. The highest BCUT2D eigenvalue weighted by Gasteiger charge is 2.23. The SMILES string of the molecule is C[Si](C)(C)OCC(CO)O[Si](C)(C)C. The minimum absolute atomic E-state index is 0.0503. The van der Waals surface area contributed by atoms with E-state index in [9.17, 15) is 0 Å². The molecule has 0 aromatic heterocycles. The summed E-state index contributed by atoms with van der Waals surface area (Å²) in [5, 5.41) is 9.12. The van der Waals surface area contributed by atoms with Crippen molar-refractivity contribution in [2.24, 2.45) is 0 Å². The number of hydrogen-bond donors (Lipinski definition) is 1. The van der Waals surface area contributed by atoms with Gasteiger partial charge in [-0.1, -0.05) is 0 Å². The van der Waals surface area contributed by atoms with E-state index in [1.54, 1.807) is 0 Å². The fraction of sp³-hybridized carbons (Fsp3) is 1.00. The van der Waals surface area contributed by atoms with Gasteiger partial charge in [-0.25, -0.2) is 0 Å². The Kier molecular flexibility index (Phi) is 5.53. The molecule has 1 atom stereocenters. The highest BCUT2D eigenvalue weighted by molar-refractivity contribution is 6.70. The second kappa shape index (κ2) is 5.41. The zero-order valence-corrected chi connectivity index (χ0v) is 12.3. The minimum atomic E-state index is -1.56. The van der Waals surface area contributed by atoms with Crippen molar-refractivity contribution in [1.29, 1.82) is 0 Å². The van der Waals surface area contributed by atoms with Crippen molar-refractivity contribution < 1.29 is 14.0 Å². The van der Waals surface area contributed by atoms with Gasteiger partial charge in [-0.2, -0.15) is 0 Å². The summed E-state index contributed by atoms with van der Waals surface area (Å²) in [5.74, 6) is 0. The number of aliphatic hydroxyl groups excluding tert-OH is 1. The van der Waals surface area contributed by atoms with E-state index in [4.69, 9.17) is 14.0 Å². The Morgan fingerprint density at radius 3 is 1.79 bits per heavy atom. The number of aliphatic hydroxyl groups is 1. The molecule has 0 aromatic carbocycles. The van der Waals surface area contributed by atoms with Gasteiger partial charge in [-0.3, -0.25) is 0 Å². The van der Waals surface area contributed by atoms with Crippen molar-refractivity contribution in [2.45, 2.75) is 45.4 Å². The fourth-order valence-corrected chi connectivity index (χ4v) is 2.80. The smallest absolute Gasteiger partial charge is 0.184 e. The van der Waals surface area contributed by atoms with Crippen LogP contribution in [0.25, 0.3) is 0 Å². The van der Waals surface area contributed by atoms with Crippen LogP contribution in [0.4, 0.5) is 0 Å². The van der Waals surface area contributed by atoms with Crippen molar-refractivity contribution in [3.63, 3.8) is 0 Å². The van der Waals surface area contributed by atoms with Crippen LogP contribution in [0, 0.1) is 0 Å². The fourth-order valence-electron chi connectivity index (χ4n) is 0.967. The lowest BCUT2D eigenvalue weighted by molar-refractivity contribution is 0.0640. The molecule has 5 heteroatoms. The number of rotatable bonds is 6. The van der Waals surface area contributed by atoms with Gasteiger partial charge in [0.25, 0.3) is 0 Å². The molecule has 0 heterocycles. The van der Waals surface area contributed by atoms with E-state index in [1.165, 1.54) is 0 Å². The van der Waals surface area contributed by atoms with E-state index in [2.05, 4.69) is 39.3 Å². The molecule has 86 valence electrons. The summed E-state index contributed by atoms with van der Waals surface area (Å²) in [5.41, 5.74) is 0. The highest BCUT2D eigenvalue weighted by Crippen LogP contribution is 2.10. The van der Waals surface area contributed by atoms with Crippen LogP contribution in [0.3, 0.4) is 0 Å². The molecule has 1 unspecified atom stereocenters. The molecule has 14 heavy (non-hydrogen) atoms. The Morgan fingerprint density at radius 1 is 1.00 bits per heavy atom. The van der Waals surface area contributed by atoms with Gasteiger partial charge < -0.3 is 14.0 Å². The Hall–Kier alpha value is 0.314. The quantitative estimate of drug-likeness (QED) is 0.717. The lowest BCUT2D eigenvalue weighted by Crippen LogP contribution is -2.39. The van der Waals surface area contributed by atoms with Gasteiger partial charge in [0.1, 0.15) is 0 Å². The van der Waals surface area contributed by atoms with Crippen LogP contribution in [0.15, 0.2) is 0 Å². The van der Waals surface area contributed by atoms with E-state index in [0.29, 0.717) is 6.61 Å². The van der Waals surface area contributed by atoms with Gasteiger partial charge >= 0.3 is 0 Å². The Balaban J connectivity index is 3.93. The van der Waals surface area contributed by atoms with Crippen molar-refractivity contribution >= 4 is 16.6 Å². The molecule has 0 aliphatic heterocycles. The van der Waals surface area contributed by atoms with Gasteiger partial charge in [0.2, 0.25) is 0 Å². The van der Waals surface area contributed by atoms with Crippen molar-refractivity contribution in [3.05, 3.63) is 0 Å². The van der Waals surface area contributed by atoms with Crippen molar-refractivity contribution in [2.75, 3.05) is 13.2 Å². The zero-order valence-electron chi connectivity index (χ0n) is 10.3. The van der Waals surface area contributed by atoms with Gasteiger partial charge in [0, 0.05) is 0 Å². The predicted octanol–water partition coefficient (Wildman–Crippen LogP) is 2.05. The van der Waals surface area contributed by atoms with E-state index >= 15 is 0 Å². The lowest BCUT2D eigenvalue weighted by atomic mass is 10.4. The van der Waals surface area contributed by atoms with Gasteiger partial charge in [0.05, 0.1) is 19.3 Å². The predicted molar refractivity (Wildman–Crippen MR) is 64.6 cm³/mol. The largest absolute Gasteiger partial charge is 0.415 e. The molecule has 0 spiro atoms. The second-order valence-electron chi connectivity index (χ2n) is 5.46. The van der Waals surface area contributed by atoms with E-state index in [0.717, 1.165) is 0 Å². The normalized spacial score (nSPS) is 15.6. The molecule has 0 rings (SSSR count). The van der Waals surface area contributed by atoms with Crippen LogP contribution in [0.5, 0.6) is 0 Å². The van der Waals surface area contributed by atoms with Gasteiger partial charge in [-0.15, -0.1) is 0 Å². The van der Waals surface area contributed by atoms with E-state index in [-0.39, 0.29) is 12.7 Å². The third-order valence-electron chi connectivity index (χ3n) is 1.43. The van der Waals surface area contributed by atoms with E-state index < -0.39 is 16.6 Å². The molecule has 0 saturated carbocycles. The second-order valence-corrected chi connectivity index (χ2v) is 14.4. The maximum Gasteiger partial charge on any atom is 0.184 e. The zero-order chi connectivity index (χ0) is 11.4. The third kappa shape index (κ3) is 8.89. The summed E-state index contributed by atoms with van der Waals surface area (Å²) in [4.78, 5) is 0. The first-order valence-corrected chi connectivity index (χ1v) is 11.9. The molecule has 0 bridgehead atoms. The first-order valence-electron chi connectivity index (χ1n) is 5.07. The number of hydrogen-bond acceptors (Lipinski definition) is 3. The summed E-state index contributed by atoms with van der Waals surface area (Å²) in [7, 11) is -3.05. The molecule has 0 saturated heterocycles. The standard InChI is InChI=1S/C9H24O3Si2/c1-13(2,3)11-8-9(7-10)12-14(4,5)6/h9-10H,7-8H2,1-6H3. The lowest BCUT2D eigenvalue weighted by Gasteiger charge is -2.27. The topological polar surface area (TPSA) is 38.7 Å². The molecule has 0 aliphatic rings. The van der Waals surface area contributed by atoms with Crippen LogP contribution in [0.2, 0.25) is 39.3 Å². The molecular weight excluding hydrogens is 212 g/mol. The molecular formula is C9H24O3Si2. The summed E-state index contributed by atoms with van der Waals surface area (Å²) >= 11 is 0. The minimum Gasteiger partial charge on any atom is -0.415 e. The maximum absolute atomic E-state index is 9.12. The van der Waals surface area contributed by atoms with Crippen LogP contribution in [0.1, 0.15) is 0 Å². The monoisotopic (exact) mass is 236 g/mol. The third-order valence-corrected chi connectivity index (χ3v) is 3.50. The summed E-state index contributed by atoms with van der Waals surface area (Å²) in [6.45, 7) is 13.3. The van der Waals surface area contributed by atoms with Crippen molar-refractivity contribution in [3.8, 4) is 0 Å². The average molecular weight is 236 g/mol. The van der Waals surface area contributed by atoms with Gasteiger partial charge in [-0.05, 0) is 39.3 Å².